The zero-order valence-electron chi connectivity index (χ0n) is 53.0. The fourth-order valence-electron chi connectivity index (χ4n) is 18.8. The summed E-state index contributed by atoms with van der Waals surface area (Å²) in [5.74, 6) is -1.99. The Morgan fingerprint density at radius 2 is 1.11 bits per heavy atom. The van der Waals surface area contributed by atoms with E-state index in [-0.39, 0.29) is 71.3 Å². The fourth-order valence-corrected chi connectivity index (χ4v) is 19.7. The van der Waals surface area contributed by atoms with Gasteiger partial charge in [-0.2, -0.15) is 0 Å². The van der Waals surface area contributed by atoms with E-state index in [0.717, 1.165) is 86.7 Å². The van der Waals surface area contributed by atoms with E-state index < -0.39 is 55.3 Å². The first-order chi connectivity index (χ1) is 44.6. The van der Waals surface area contributed by atoms with Gasteiger partial charge in [-0.1, -0.05) is 125 Å². The average Bonchev–Trinajstić information content (AvgIpc) is 1.54. The molecule has 94 heavy (non-hydrogen) atoms. The van der Waals surface area contributed by atoms with Crippen LogP contribution in [0.1, 0.15) is 186 Å². The number of hydrogen-bond donors (Lipinski definition) is 4. The maximum absolute atomic E-state index is 13.7. The second-order valence-electron chi connectivity index (χ2n) is 28.1. The largest absolute Gasteiger partial charge is 0.481 e. The zero-order chi connectivity index (χ0) is 67.2. The van der Waals surface area contributed by atoms with Crippen LogP contribution < -0.4 is 5.32 Å². The van der Waals surface area contributed by atoms with Crippen molar-refractivity contribution in [2.45, 2.75) is 176 Å². The third-order valence-electron chi connectivity index (χ3n) is 22.8. The molecule has 5 saturated carbocycles. The van der Waals surface area contributed by atoms with E-state index in [9.17, 15) is 54.7 Å². The number of aliphatic carboxylic acids is 1. The molecule has 4 N–H and O–H groups in total. The number of carboxylic acids is 1. The number of esters is 2. The number of carboxylic acid groups (broad SMARTS) is 1. The Balaban J connectivity index is 0.000000127. The molecule has 16 nitrogen and oxygen atoms in total. The smallest absolute Gasteiger partial charge is 0.314 e. The van der Waals surface area contributed by atoms with Crippen molar-refractivity contribution in [3.05, 3.63) is 243 Å². The Kier molecular flexibility index (Phi) is 17.6. The predicted molar refractivity (Wildman–Crippen MR) is 360 cm³/mol. The van der Waals surface area contributed by atoms with Crippen LogP contribution in [-0.2, 0) is 47.1 Å². The van der Waals surface area contributed by atoms with Crippen molar-refractivity contribution in [2.75, 3.05) is 0 Å². The molecule has 3 spiro atoms. The molecule has 6 bridgehead atoms. The van der Waals surface area contributed by atoms with Crippen LogP contribution in [0.15, 0.2) is 146 Å². The molecule has 0 unspecified atom stereocenters. The topological polar surface area (TPSA) is 246 Å². The minimum atomic E-state index is -0.899. The summed E-state index contributed by atoms with van der Waals surface area (Å²) >= 11 is 15.6. The van der Waals surface area contributed by atoms with Crippen molar-refractivity contribution in [3.63, 3.8) is 0 Å². The van der Waals surface area contributed by atoms with Gasteiger partial charge in [-0.15, -0.1) is 0 Å². The summed E-state index contributed by atoms with van der Waals surface area (Å²) < 4.78 is 11.5. The number of aliphatic hydroxyl groups is 2. The molecule has 1 amide bonds. The number of nitrogens with one attached hydrogen (secondary N) is 1. The predicted octanol–water partition coefficient (Wildman–Crippen LogP) is 16.0. The van der Waals surface area contributed by atoms with Gasteiger partial charge in [0.25, 0.3) is 11.4 Å². The third kappa shape index (κ3) is 11.4. The maximum atomic E-state index is 13.7. The van der Waals surface area contributed by atoms with E-state index in [0.29, 0.717) is 67.1 Å². The molecule has 0 aromatic heterocycles. The lowest BCUT2D eigenvalue weighted by Crippen LogP contribution is -2.54. The zero-order valence-corrected chi connectivity index (χ0v) is 56.1. The van der Waals surface area contributed by atoms with Crippen molar-refractivity contribution in [2.24, 2.45) is 16.2 Å². The summed E-state index contributed by atoms with van der Waals surface area (Å²) in [5.41, 5.74) is 10.9. The number of halogens is 3. The molecule has 9 aliphatic rings. The molecule has 1 aliphatic heterocycles. The lowest BCUT2D eigenvalue weighted by Gasteiger charge is -2.53. The van der Waals surface area contributed by atoms with Gasteiger partial charge in [0.15, 0.2) is 0 Å². The van der Waals surface area contributed by atoms with Gasteiger partial charge in [-0.05, 0) is 218 Å². The van der Waals surface area contributed by atoms with Gasteiger partial charge < -0.3 is 30.1 Å². The Morgan fingerprint density at radius 1 is 0.649 bits per heavy atom. The standard InChI is InChI=1S/C25H25Cl2NO3.C25H25NO5.C18H20O3.C7H6BrNO2/c1-14-4-3-5-17-18-8-9-24(2)13-25(18,11-20(29)31-24)22(21(14)17)23(30)28-12-15-6-7-16(26)10-19(15)27;1-15-4-3-5-19-20-10-11-25(28)14-24(20,12-16(25)2)22(21(15)19)23(27)31-13-17-6-8-18(9-7-17)26(29)30;1-10-4-3-5-12-13-6-7-18(21)9-17(13,8-11(18)2)15(14(10)12)16(19)20;8-5-6-1-3-7(4-2-6)9(10)11/h3-7,10,18,22H,8-9,11-13H2,1-2H3,(H,28,30);3-9,20,22,28H,2,10-14H2,1H3;3-5,13,15,21H,2,6-9H2,1H3,(H,19,20);1-4H,5H2/t18-,22+,24-,25+;20-,22+,24-,25-;13-,15+,17-,18-;/m000./s1. The summed E-state index contributed by atoms with van der Waals surface area (Å²) in [6.07, 6.45) is 8.16. The van der Waals surface area contributed by atoms with Gasteiger partial charge in [0, 0.05) is 62.4 Å². The van der Waals surface area contributed by atoms with Gasteiger partial charge >= 0.3 is 17.9 Å². The number of aryl methyl sites for hydroxylation is 3. The van der Waals surface area contributed by atoms with Crippen LogP contribution >= 0.6 is 39.1 Å². The second kappa shape index (κ2) is 24.9. The van der Waals surface area contributed by atoms with E-state index in [1.54, 1.807) is 36.4 Å². The third-order valence-corrected chi connectivity index (χ3v) is 24.0. The molecule has 15 rings (SSSR count). The highest BCUT2D eigenvalue weighted by Crippen LogP contribution is 2.74. The quantitative estimate of drug-likeness (QED) is 0.0328. The molecule has 1 saturated heterocycles. The molecular formula is C75H76BrCl2N3O13. The number of fused-ring (bicyclic) bond motifs is 9. The number of alkyl halides is 1. The van der Waals surface area contributed by atoms with Crippen molar-refractivity contribution < 1.29 is 53.8 Å². The van der Waals surface area contributed by atoms with Gasteiger partial charge in [0.1, 0.15) is 12.2 Å². The highest BCUT2D eigenvalue weighted by molar-refractivity contribution is 9.08. The number of carbonyl (C=O) groups is 4. The minimum Gasteiger partial charge on any atom is -0.481 e. The second-order valence-corrected chi connectivity index (χ2v) is 29.5. The van der Waals surface area contributed by atoms with Crippen LogP contribution in [0.2, 0.25) is 10.0 Å². The molecule has 0 radical (unpaired) electrons. The van der Waals surface area contributed by atoms with E-state index in [4.69, 9.17) is 32.7 Å². The first kappa shape index (κ1) is 66.5. The normalized spacial score (nSPS) is 30.3. The lowest BCUT2D eigenvalue weighted by molar-refractivity contribution is -0.385. The van der Waals surface area contributed by atoms with E-state index in [2.05, 4.69) is 71.7 Å². The Hall–Kier alpha value is -7.54. The van der Waals surface area contributed by atoms with Crippen molar-refractivity contribution in [1.29, 1.82) is 0 Å². The van der Waals surface area contributed by atoms with Crippen LogP contribution in [-0.4, -0.2) is 65.8 Å². The number of nitro groups is 2. The summed E-state index contributed by atoms with van der Waals surface area (Å²) in [6, 6.07) is 36.3. The number of benzene rings is 6. The Labute approximate surface area is 564 Å². The molecule has 1 heterocycles. The SMILES string of the molecule is C=C1C[C@]23C[C@@]1(O)CC[C@H]2c1cccc(C)c1[C@@H]3C(=O)O.C=C1C[C@]23C[C@@]1(O)CC[C@H]2c1cccc(C)c1[C@@H]3C(=O)OCc1ccc([N+](=O)[O-])cc1.Cc1cccc2c1[C@H](C(=O)NCc1ccc(Cl)cc1Cl)[C@@]13CC(=O)O[C@@](C)(CC[C@@H]21)C3.O=[N+]([O-])c1ccc(CBr)cc1. The number of ether oxygens (including phenoxy) is 2. The van der Waals surface area contributed by atoms with Crippen molar-refractivity contribution in [3.8, 4) is 0 Å². The minimum absolute atomic E-state index is 0.00288. The van der Waals surface area contributed by atoms with Gasteiger partial charge in [-0.3, -0.25) is 39.4 Å². The number of nitro benzene ring substituents is 2. The van der Waals surface area contributed by atoms with Crippen LogP contribution in [0.25, 0.3) is 0 Å². The van der Waals surface area contributed by atoms with Crippen molar-refractivity contribution in [1.82, 2.24) is 5.32 Å². The molecule has 8 aliphatic carbocycles. The molecule has 19 heteroatoms. The number of amides is 1. The summed E-state index contributed by atoms with van der Waals surface area (Å²) in [5, 5.41) is 57.8. The lowest BCUT2D eigenvalue weighted by atomic mass is 9.56. The van der Waals surface area contributed by atoms with E-state index >= 15 is 0 Å². The molecule has 6 aromatic carbocycles. The molecular weight excluding hydrogens is 1300 g/mol. The number of carbonyl (C=O) groups excluding carboxylic acids is 3. The van der Waals surface area contributed by atoms with Crippen LogP contribution in [0.5, 0.6) is 0 Å². The highest BCUT2D eigenvalue weighted by Gasteiger charge is 2.69. The number of hydrogen-bond acceptors (Lipinski definition) is 12. The Bertz CT molecular complexity index is 4140. The first-order valence-corrected chi connectivity index (χ1v) is 33.9. The van der Waals surface area contributed by atoms with Crippen LogP contribution in [0.4, 0.5) is 11.4 Å². The number of non-ortho nitro benzene ring substituents is 2. The number of rotatable bonds is 10. The molecule has 490 valence electrons. The molecule has 6 aromatic rings. The van der Waals surface area contributed by atoms with Gasteiger partial charge in [0.2, 0.25) is 5.91 Å². The van der Waals surface area contributed by atoms with Gasteiger partial charge in [-0.25, -0.2) is 0 Å². The number of nitrogens with zero attached hydrogens (tertiary/aromatic N) is 2. The van der Waals surface area contributed by atoms with Crippen molar-refractivity contribution >= 4 is 74.3 Å². The van der Waals surface area contributed by atoms with E-state index in [1.807, 2.05) is 51.1 Å². The molecule has 12 atom stereocenters. The van der Waals surface area contributed by atoms with Crippen LogP contribution in [0.3, 0.4) is 0 Å². The maximum Gasteiger partial charge on any atom is 0.314 e. The Morgan fingerprint density at radius 3 is 1.59 bits per heavy atom. The van der Waals surface area contributed by atoms with Gasteiger partial charge in [0.05, 0.1) is 45.2 Å². The van der Waals surface area contributed by atoms with E-state index in [1.165, 1.54) is 41.0 Å². The highest BCUT2D eigenvalue weighted by atomic mass is 79.9. The monoisotopic (exact) mass is 1380 g/mol. The first-order valence-electron chi connectivity index (χ1n) is 32.1. The fraction of sp³-hybridized carbons (Fsp3) is 0.413. The summed E-state index contributed by atoms with van der Waals surface area (Å²) in [4.78, 5) is 72.2. The molecule has 6 fully saturated rings. The van der Waals surface area contributed by atoms with Crippen LogP contribution in [0, 0.1) is 57.2 Å². The summed E-state index contributed by atoms with van der Waals surface area (Å²) in [7, 11) is 0. The summed E-state index contributed by atoms with van der Waals surface area (Å²) in [6.45, 7) is 16.7. The average molecular weight is 1380 g/mol.